The Labute approximate surface area is 127 Å². The van der Waals surface area contributed by atoms with E-state index in [1.807, 2.05) is 54.6 Å². The van der Waals surface area contributed by atoms with E-state index in [1.54, 1.807) is 12.4 Å². The van der Waals surface area contributed by atoms with Crippen LogP contribution in [0.3, 0.4) is 0 Å². The molecule has 0 aliphatic carbocycles. The number of nitrogens with one attached hydrogen (secondary N) is 2. The molecule has 0 spiro atoms. The highest BCUT2D eigenvalue weighted by Crippen LogP contribution is 2.26. The summed E-state index contributed by atoms with van der Waals surface area (Å²) in [7, 11) is 0. The first kappa shape index (κ1) is 12.5. The average Bonchev–Trinajstić information content (AvgIpc) is 3.09. The molecule has 4 aromatic rings. The zero-order chi connectivity index (χ0) is 14.8. The molecule has 2 N–H and O–H groups in total. The third-order valence-corrected chi connectivity index (χ3v) is 3.40. The highest BCUT2D eigenvalue weighted by Gasteiger charge is 2.09. The van der Waals surface area contributed by atoms with E-state index in [-0.39, 0.29) is 0 Å². The maximum Gasteiger partial charge on any atom is 0.162 e. The van der Waals surface area contributed by atoms with Crippen LogP contribution in [0.5, 0.6) is 0 Å². The molecule has 106 valence electrons. The van der Waals surface area contributed by atoms with Crippen LogP contribution in [0.2, 0.25) is 0 Å². The van der Waals surface area contributed by atoms with E-state index in [0.29, 0.717) is 5.82 Å². The van der Waals surface area contributed by atoms with Gasteiger partial charge >= 0.3 is 0 Å². The van der Waals surface area contributed by atoms with Gasteiger partial charge in [-0.05, 0) is 12.1 Å². The number of hydrogen-bond donors (Lipinski definition) is 2. The summed E-state index contributed by atoms with van der Waals surface area (Å²) in [5.41, 5.74) is 2.76. The molecule has 0 atom stereocenters. The van der Waals surface area contributed by atoms with Crippen molar-refractivity contribution >= 4 is 22.4 Å². The zero-order valence-electron chi connectivity index (χ0n) is 11.7. The second kappa shape index (κ2) is 5.29. The fourth-order valence-electron chi connectivity index (χ4n) is 2.34. The quantitative estimate of drug-likeness (QED) is 0.602. The predicted molar refractivity (Wildman–Crippen MR) is 86.8 cm³/mol. The number of rotatable bonds is 3. The number of H-pyrrole nitrogens is 1. The Hall–Kier alpha value is -3.21. The number of fused-ring (bicyclic) bond motifs is 1. The Morgan fingerprint density at radius 3 is 2.50 bits per heavy atom. The van der Waals surface area contributed by atoms with Gasteiger partial charge < -0.3 is 5.32 Å². The molecule has 0 amide bonds. The maximum atomic E-state index is 4.68. The summed E-state index contributed by atoms with van der Waals surface area (Å²) < 4.78 is 0. The van der Waals surface area contributed by atoms with E-state index >= 15 is 0 Å². The summed E-state index contributed by atoms with van der Waals surface area (Å²) in [4.78, 5) is 9.34. The summed E-state index contributed by atoms with van der Waals surface area (Å²) in [5.74, 6) is 1.47. The van der Waals surface area contributed by atoms with Gasteiger partial charge in [0, 0.05) is 17.1 Å². The van der Waals surface area contributed by atoms with Gasteiger partial charge in [-0.15, -0.1) is 0 Å². The molecule has 2 aromatic heterocycles. The van der Waals surface area contributed by atoms with Crippen molar-refractivity contribution in [3.8, 4) is 11.4 Å². The number of benzene rings is 2. The Morgan fingerprint density at radius 1 is 0.864 bits per heavy atom. The summed E-state index contributed by atoms with van der Waals surface area (Å²) in [5, 5.41) is 11.0. The molecule has 0 unspecified atom stereocenters. The SMILES string of the molecule is c1ccc(-c2nc(Nc3cn[nH]c3)c3ccccc3n2)cc1. The predicted octanol–water partition coefficient (Wildman–Crippen LogP) is 3.76. The van der Waals surface area contributed by atoms with Gasteiger partial charge in [-0.2, -0.15) is 5.10 Å². The number of hydrogen-bond acceptors (Lipinski definition) is 4. The van der Waals surface area contributed by atoms with Crippen molar-refractivity contribution < 1.29 is 0 Å². The minimum absolute atomic E-state index is 0.699. The van der Waals surface area contributed by atoms with Crippen molar-refractivity contribution in [3.63, 3.8) is 0 Å². The molecule has 0 aliphatic heterocycles. The van der Waals surface area contributed by atoms with Gasteiger partial charge in [-0.3, -0.25) is 5.10 Å². The first-order valence-corrected chi connectivity index (χ1v) is 6.98. The van der Waals surface area contributed by atoms with Crippen LogP contribution in [-0.2, 0) is 0 Å². The number of anilines is 2. The van der Waals surface area contributed by atoms with Crippen LogP contribution in [0.15, 0.2) is 67.0 Å². The molecule has 5 nitrogen and oxygen atoms in total. The van der Waals surface area contributed by atoms with E-state index in [9.17, 15) is 0 Å². The summed E-state index contributed by atoms with van der Waals surface area (Å²) in [6, 6.07) is 17.9. The standard InChI is InChI=1S/C17H13N5/c1-2-6-12(7-3-1)16-21-15-9-5-4-8-14(15)17(22-16)20-13-10-18-19-11-13/h1-11H,(H,18,19)(H,20,21,22). The minimum Gasteiger partial charge on any atom is -0.337 e. The largest absolute Gasteiger partial charge is 0.337 e. The van der Waals surface area contributed by atoms with Gasteiger partial charge in [0.2, 0.25) is 0 Å². The van der Waals surface area contributed by atoms with Gasteiger partial charge in [0.25, 0.3) is 0 Å². The van der Waals surface area contributed by atoms with Gasteiger partial charge in [-0.1, -0.05) is 42.5 Å². The van der Waals surface area contributed by atoms with Gasteiger partial charge in [0.15, 0.2) is 5.82 Å². The topological polar surface area (TPSA) is 66.5 Å². The third-order valence-electron chi connectivity index (χ3n) is 3.40. The van der Waals surface area contributed by atoms with Crippen LogP contribution in [-0.4, -0.2) is 20.2 Å². The number of nitrogens with zero attached hydrogens (tertiary/aromatic N) is 3. The normalized spacial score (nSPS) is 10.7. The third kappa shape index (κ3) is 2.29. The maximum absolute atomic E-state index is 4.68. The van der Waals surface area contributed by atoms with Crippen LogP contribution in [0, 0.1) is 0 Å². The Morgan fingerprint density at radius 2 is 1.68 bits per heavy atom. The lowest BCUT2D eigenvalue weighted by Crippen LogP contribution is -1.98. The Bertz CT molecular complexity index is 901. The molecule has 0 aliphatic rings. The summed E-state index contributed by atoms with van der Waals surface area (Å²) in [6.45, 7) is 0. The second-order valence-electron chi connectivity index (χ2n) is 4.89. The molecule has 2 heterocycles. The van der Waals surface area contributed by atoms with E-state index in [1.165, 1.54) is 0 Å². The number of para-hydroxylation sites is 1. The molecule has 2 aromatic carbocycles. The van der Waals surface area contributed by atoms with E-state index in [4.69, 9.17) is 0 Å². The molecule has 4 rings (SSSR count). The van der Waals surface area contributed by atoms with Crippen molar-refractivity contribution in [3.05, 3.63) is 67.0 Å². The smallest absolute Gasteiger partial charge is 0.162 e. The highest BCUT2D eigenvalue weighted by atomic mass is 15.1. The van der Waals surface area contributed by atoms with Gasteiger partial charge in [0.05, 0.1) is 17.4 Å². The van der Waals surface area contributed by atoms with Gasteiger partial charge in [-0.25, -0.2) is 9.97 Å². The monoisotopic (exact) mass is 287 g/mol. The average molecular weight is 287 g/mol. The lowest BCUT2D eigenvalue weighted by Gasteiger charge is -2.09. The van der Waals surface area contributed by atoms with Crippen molar-refractivity contribution in [2.45, 2.75) is 0 Å². The second-order valence-corrected chi connectivity index (χ2v) is 4.89. The molecule has 0 bridgehead atoms. The first-order chi connectivity index (χ1) is 10.9. The Kier molecular flexibility index (Phi) is 3.01. The molecule has 0 saturated heterocycles. The van der Waals surface area contributed by atoms with E-state index in [2.05, 4.69) is 25.5 Å². The molecule has 0 saturated carbocycles. The van der Waals surface area contributed by atoms with Crippen LogP contribution in [0.4, 0.5) is 11.5 Å². The van der Waals surface area contributed by atoms with Crippen LogP contribution in [0.1, 0.15) is 0 Å². The molecule has 0 fully saturated rings. The fourth-order valence-corrected chi connectivity index (χ4v) is 2.34. The van der Waals surface area contributed by atoms with Crippen molar-refractivity contribution in [2.75, 3.05) is 5.32 Å². The van der Waals surface area contributed by atoms with Crippen molar-refractivity contribution in [1.82, 2.24) is 20.2 Å². The highest BCUT2D eigenvalue weighted by molar-refractivity contribution is 5.92. The zero-order valence-corrected chi connectivity index (χ0v) is 11.7. The Balaban J connectivity index is 1.89. The van der Waals surface area contributed by atoms with E-state index < -0.39 is 0 Å². The minimum atomic E-state index is 0.699. The van der Waals surface area contributed by atoms with Crippen LogP contribution in [0.25, 0.3) is 22.3 Å². The molecule has 5 heteroatoms. The molecule has 0 radical (unpaired) electrons. The number of aromatic nitrogens is 4. The fraction of sp³-hybridized carbons (Fsp3) is 0. The molecular weight excluding hydrogens is 274 g/mol. The lowest BCUT2D eigenvalue weighted by molar-refractivity contribution is 1.09. The molecule has 22 heavy (non-hydrogen) atoms. The van der Waals surface area contributed by atoms with Crippen molar-refractivity contribution in [1.29, 1.82) is 0 Å². The van der Waals surface area contributed by atoms with Crippen LogP contribution >= 0.6 is 0 Å². The number of aromatic amines is 1. The molecular formula is C17H13N5. The lowest BCUT2D eigenvalue weighted by atomic mass is 10.2. The van der Waals surface area contributed by atoms with E-state index in [0.717, 1.165) is 28.0 Å². The van der Waals surface area contributed by atoms with Gasteiger partial charge in [0.1, 0.15) is 5.82 Å². The van der Waals surface area contributed by atoms with Crippen molar-refractivity contribution in [2.24, 2.45) is 0 Å². The van der Waals surface area contributed by atoms with Crippen LogP contribution < -0.4 is 5.32 Å². The summed E-state index contributed by atoms with van der Waals surface area (Å²) >= 11 is 0. The summed E-state index contributed by atoms with van der Waals surface area (Å²) in [6.07, 6.45) is 3.51. The first-order valence-electron chi connectivity index (χ1n) is 6.98.